The maximum atomic E-state index is 12.8. The predicted octanol–water partition coefficient (Wildman–Crippen LogP) is 5.39. The van der Waals surface area contributed by atoms with Crippen LogP contribution in [0.15, 0.2) is 74.3 Å². The van der Waals surface area contributed by atoms with Gasteiger partial charge in [0.1, 0.15) is 10.6 Å². The number of fused-ring (bicyclic) bond motifs is 2. The number of hydrogen-bond acceptors (Lipinski definition) is 6. The molecule has 0 saturated heterocycles. The van der Waals surface area contributed by atoms with E-state index in [1.165, 1.54) is 29.2 Å². The molecule has 0 saturated carbocycles. The molecule has 2 aromatic carbocycles. The molecule has 148 valence electrons. The molecule has 0 aliphatic heterocycles. The minimum atomic E-state index is -1.11. The Balaban J connectivity index is 1.46. The first-order chi connectivity index (χ1) is 14.6. The fraction of sp³-hybridized carbons (Fsp3) is 0.0455. The first kappa shape index (κ1) is 18.7. The van der Waals surface area contributed by atoms with Gasteiger partial charge in [0, 0.05) is 10.9 Å². The molecule has 0 spiro atoms. The van der Waals surface area contributed by atoms with Crippen LogP contribution in [0.25, 0.3) is 32.1 Å². The number of thiophene rings is 1. The number of hydrogen-bond donors (Lipinski definition) is 2. The Morgan fingerprint density at radius 3 is 2.77 bits per heavy atom. The van der Waals surface area contributed by atoms with Crippen molar-refractivity contribution in [2.75, 3.05) is 0 Å². The lowest BCUT2D eigenvalue weighted by atomic mass is 10.0. The molecule has 0 atom stereocenters. The van der Waals surface area contributed by atoms with Crippen LogP contribution < -0.4 is 5.56 Å². The molecule has 0 amide bonds. The predicted molar refractivity (Wildman–Crippen MR) is 118 cm³/mol. The monoisotopic (exact) mass is 434 g/mol. The summed E-state index contributed by atoms with van der Waals surface area (Å²) in [6.45, 7) is 0. The topological polar surface area (TPSA) is 96.2 Å². The molecule has 6 nitrogen and oxygen atoms in total. The number of carboxylic acids is 1. The summed E-state index contributed by atoms with van der Waals surface area (Å²) in [7, 11) is 0. The summed E-state index contributed by atoms with van der Waals surface area (Å²) in [5, 5.41) is 14.2. The molecular formula is C22H14N2O4S2. The number of benzene rings is 2. The Kier molecular flexibility index (Phi) is 4.65. The molecule has 30 heavy (non-hydrogen) atoms. The molecule has 0 aliphatic rings. The zero-order valence-corrected chi connectivity index (χ0v) is 17.0. The molecule has 0 aliphatic carbocycles. The van der Waals surface area contributed by atoms with E-state index < -0.39 is 5.97 Å². The van der Waals surface area contributed by atoms with E-state index in [-0.39, 0.29) is 11.3 Å². The van der Waals surface area contributed by atoms with Gasteiger partial charge >= 0.3 is 5.97 Å². The van der Waals surface area contributed by atoms with Crippen LogP contribution in [0.1, 0.15) is 16.3 Å². The normalized spacial score (nSPS) is 11.3. The summed E-state index contributed by atoms with van der Waals surface area (Å²) in [6.07, 6.45) is 0. The van der Waals surface area contributed by atoms with Crippen molar-refractivity contribution in [1.82, 2.24) is 9.97 Å². The molecule has 5 aromatic rings. The highest BCUT2D eigenvalue weighted by Gasteiger charge is 2.15. The van der Waals surface area contributed by atoms with E-state index >= 15 is 0 Å². The van der Waals surface area contributed by atoms with Gasteiger partial charge in [0.15, 0.2) is 5.16 Å². The van der Waals surface area contributed by atoms with E-state index in [1.807, 2.05) is 23.6 Å². The average Bonchev–Trinajstić information content (AvgIpc) is 3.39. The molecule has 3 aromatic heterocycles. The van der Waals surface area contributed by atoms with Gasteiger partial charge in [-0.05, 0) is 34.5 Å². The molecule has 0 fully saturated rings. The molecule has 0 bridgehead atoms. The molecule has 0 unspecified atom stereocenters. The van der Waals surface area contributed by atoms with Crippen molar-refractivity contribution >= 4 is 50.1 Å². The maximum absolute atomic E-state index is 12.8. The van der Waals surface area contributed by atoms with Crippen LogP contribution in [0.4, 0.5) is 0 Å². The SMILES string of the molecule is O=C(O)c1ccc(CSc2nc3scc(-c4ccc5ccccc5c4)c3c(=O)[nH]2)o1. The third-order valence-electron chi connectivity index (χ3n) is 4.71. The number of furan rings is 1. The van der Waals surface area contributed by atoms with E-state index in [9.17, 15) is 9.59 Å². The number of nitrogens with zero attached hydrogens (tertiary/aromatic N) is 1. The van der Waals surface area contributed by atoms with Crippen LogP contribution in [0.3, 0.4) is 0 Å². The number of carboxylic acid groups (broad SMARTS) is 1. The number of H-pyrrole nitrogens is 1. The third-order valence-corrected chi connectivity index (χ3v) is 6.47. The number of aromatic amines is 1. The second-order valence-electron chi connectivity index (χ2n) is 6.62. The van der Waals surface area contributed by atoms with Crippen LogP contribution >= 0.6 is 23.1 Å². The van der Waals surface area contributed by atoms with Crippen molar-refractivity contribution in [3.8, 4) is 11.1 Å². The minimum Gasteiger partial charge on any atom is -0.475 e. The van der Waals surface area contributed by atoms with E-state index in [2.05, 4.69) is 34.2 Å². The van der Waals surface area contributed by atoms with Gasteiger partial charge in [0.05, 0.1) is 11.1 Å². The van der Waals surface area contributed by atoms with Crippen LogP contribution in [-0.4, -0.2) is 21.0 Å². The van der Waals surface area contributed by atoms with Crippen LogP contribution in [-0.2, 0) is 5.75 Å². The number of thioether (sulfide) groups is 1. The fourth-order valence-electron chi connectivity index (χ4n) is 3.28. The van der Waals surface area contributed by atoms with E-state index in [4.69, 9.17) is 9.52 Å². The summed E-state index contributed by atoms with van der Waals surface area (Å²) >= 11 is 2.71. The fourth-order valence-corrected chi connectivity index (χ4v) is 5.04. The number of carbonyl (C=O) groups is 1. The van der Waals surface area contributed by atoms with Gasteiger partial charge < -0.3 is 14.5 Å². The molecular weight excluding hydrogens is 420 g/mol. The third kappa shape index (κ3) is 3.40. The molecule has 3 heterocycles. The van der Waals surface area contributed by atoms with Crippen molar-refractivity contribution in [2.24, 2.45) is 0 Å². The van der Waals surface area contributed by atoms with E-state index in [1.54, 1.807) is 6.07 Å². The smallest absolute Gasteiger partial charge is 0.371 e. The first-order valence-corrected chi connectivity index (χ1v) is 10.9. The molecule has 8 heteroatoms. The van der Waals surface area contributed by atoms with Gasteiger partial charge in [0.2, 0.25) is 5.76 Å². The van der Waals surface area contributed by atoms with Crippen LogP contribution in [0.2, 0.25) is 0 Å². The number of aromatic carboxylic acids is 1. The highest BCUT2D eigenvalue weighted by molar-refractivity contribution is 7.98. The Hall–Kier alpha value is -3.36. The average molecular weight is 434 g/mol. The van der Waals surface area contributed by atoms with Gasteiger partial charge in [-0.15, -0.1) is 11.3 Å². The minimum absolute atomic E-state index is 0.110. The number of aromatic nitrogens is 2. The van der Waals surface area contributed by atoms with Crippen molar-refractivity contribution in [2.45, 2.75) is 10.9 Å². The Bertz CT molecular complexity index is 1470. The zero-order valence-electron chi connectivity index (χ0n) is 15.4. The van der Waals surface area contributed by atoms with E-state index in [0.29, 0.717) is 26.9 Å². The molecule has 5 rings (SSSR count). The van der Waals surface area contributed by atoms with E-state index in [0.717, 1.165) is 21.9 Å². The van der Waals surface area contributed by atoms with Gasteiger partial charge in [-0.3, -0.25) is 4.79 Å². The lowest BCUT2D eigenvalue weighted by Crippen LogP contribution is -2.08. The molecule has 2 N–H and O–H groups in total. The van der Waals surface area contributed by atoms with Gasteiger partial charge in [-0.1, -0.05) is 48.2 Å². The lowest BCUT2D eigenvalue weighted by molar-refractivity contribution is 0.0661. The first-order valence-electron chi connectivity index (χ1n) is 9.04. The van der Waals surface area contributed by atoms with Crippen molar-refractivity contribution < 1.29 is 14.3 Å². The van der Waals surface area contributed by atoms with Gasteiger partial charge in [-0.25, -0.2) is 9.78 Å². The Morgan fingerprint density at radius 1 is 1.13 bits per heavy atom. The van der Waals surface area contributed by atoms with Gasteiger partial charge in [-0.2, -0.15) is 0 Å². The Labute approximate surface area is 178 Å². The summed E-state index contributed by atoms with van der Waals surface area (Å²) in [4.78, 5) is 31.8. The van der Waals surface area contributed by atoms with Crippen molar-refractivity contribution in [3.05, 3.63) is 81.9 Å². The summed E-state index contributed by atoms with van der Waals surface area (Å²) in [5.41, 5.74) is 1.64. The largest absolute Gasteiger partial charge is 0.475 e. The van der Waals surface area contributed by atoms with Crippen LogP contribution in [0.5, 0.6) is 0 Å². The highest BCUT2D eigenvalue weighted by atomic mass is 32.2. The second kappa shape index (κ2) is 7.47. The lowest BCUT2D eigenvalue weighted by Gasteiger charge is -2.04. The quantitative estimate of drug-likeness (QED) is 0.284. The molecule has 0 radical (unpaired) electrons. The second-order valence-corrected chi connectivity index (χ2v) is 8.44. The summed E-state index contributed by atoms with van der Waals surface area (Å²) < 4.78 is 5.24. The standard InChI is InChI=1S/C22H14N2O4S2/c25-19-18-16(14-6-5-12-3-1-2-4-13(12)9-14)11-29-20(18)24-22(23-19)30-10-15-7-8-17(28-15)21(26)27/h1-9,11H,10H2,(H,26,27)(H,23,24,25). The summed E-state index contributed by atoms with van der Waals surface area (Å²) in [5.74, 6) is -0.354. The van der Waals surface area contributed by atoms with Crippen molar-refractivity contribution in [1.29, 1.82) is 0 Å². The Morgan fingerprint density at radius 2 is 1.97 bits per heavy atom. The zero-order chi connectivity index (χ0) is 20.7. The number of rotatable bonds is 5. The van der Waals surface area contributed by atoms with Crippen LogP contribution in [0, 0.1) is 0 Å². The van der Waals surface area contributed by atoms with Crippen molar-refractivity contribution in [3.63, 3.8) is 0 Å². The summed E-state index contributed by atoms with van der Waals surface area (Å²) in [6, 6.07) is 17.3. The number of nitrogens with one attached hydrogen (secondary N) is 1. The maximum Gasteiger partial charge on any atom is 0.371 e. The van der Waals surface area contributed by atoms with Gasteiger partial charge in [0.25, 0.3) is 5.56 Å². The highest BCUT2D eigenvalue weighted by Crippen LogP contribution is 2.33.